The molecule has 0 atom stereocenters. The molecule has 0 aliphatic heterocycles. The van der Waals surface area contributed by atoms with Crippen molar-refractivity contribution in [3.63, 3.8) is 0 Å². The zero-order chi connectivity index (χ0) is 7.40. The molecule has 1 aromatic rings. The van der Waals surface area contributed by atoms with Gasteiger partial charge in [-0.1, -0.05) is 19.1 Å². The van der Waals surface area contributed by atoms with Gasteiger partial charge in [-0.15, -0.1) is 5.10 Å². The van der Waals surface area contributed by atoms with E-state index < -0.39 is 0 Å². The van der Waals surface area contributed by atoms with Gasteiger partial charge in [-0.3, -0.25) is 5.10 Å². The van der Waals surface area contributed by atoms with Gasteiger partial charge in [0.2, 0.25) is 0 Å². The van der Waals surface area contributed by atoms with Gasteiger partial charge in [0.1, 0.15) is 0 Å². The summed E-state index contributed by atoms with van der Waals surface area (Å²) < 4.78 is 0. The summed E-state index contributed by atoms with van der Waals surface area (Å²) in [5.74, 6) is 0.953. The van der Waals surface area contributed by atoms with E-state index >= 15 is 0 Å². The second-order valence-corrected chi connectivity index (χ2v) is 3.89. The maximum absolute atomic E-state index is 3.86. The molecule has 3 nitrogen and oxygen atoms in total. The third-order valence-electron chi connectivity index (χ3n) is 1.03. The highest BCUT2D eigenvalue weighted by Gasteiger charge is 1.97. The lowest BCUT2D eigenvalue weighted by Crippen LogP contribution is -1.88. The molecule has 1 aromatic heterocycles. The Labute approximate surface area is 64.6 Å². The first-order valence-electron chi connectivity index (χ1n) is 3.26. The van der Waals surface area contributed by atoms with Gasteiger partial charge in [-0.2, -0.15) is 11.8 Å². The summed E-state index contributed by atoms with van der Waals surface area (Å²) in [6.45, 7) is 4.34. The molecule has 10 heavy (non-hydrogen) atoms. The van der Waals surface area contributed by atoms with E-state index in [4.69, 9.17) is 0 Å². The minimum atomic E-state index is 0.664. The van der Waals surface area contributed by atoms with Crippen LogP contribution >= 0.6 is 11.8 Å². The van der Waals surface area contributed by atoms with Gasteiger partial charge in [-0.05, 0) is 5.25 Å². The van der Waals surface area contributed by atoms with Crippen molar-refractivity contribution in [1.29, 1.82) is 0 Å². The predicted molar refractivity (Wildman–Crippen MR) is 42.8 cm³/mol. The van der Waals surface area contributed by atoms with E-state index in [1.54, 1.807) is 0 Å². The average Bonchev–Trinajstić information content (AvgIpc) is 2.34. The van der Waals surface area contributed by atoms with Crippen molar-refractivity contribution in [2.45, 2.75) is 24.9 Å². The van der Waals surface area contributed by atoms with Gasteiger partial charge in [0.15, 0.2) is 0 Å². The van der Waals surface area contributed by atoms with Crippen molar-refractivity contribution in [2.24, 2.45) is 0 Å². The minimum absolute atomic E-state index is 0.664. The Morgan fingerprint density at radius 1 is 1.70 bits per heavy atom. The van der Waals surface area contributed by atoms with Crippen molar-refractivity contribution in [2.75, 3.05) is 0 Å². The standard InChI is InChI=1S/C6H11N3S/c1-5(2)10-4-6-3-7-9-8-6/h3,5H,4H2,1-2H3,(H,7,8,9). The van der Waals surface area contributed by atoms with Crippen LogP contribution in [0.3, 0.4) is 0 Å². The molecule has 0 unspecified atom stereocenters. The molecule has 0 radical (unpaired) electrons. The molecule has 0 spiro atoms. The number of H-pyrrole nitrogens is 1. The van der Waals surface area contributed by atoms with Crippen molar-refractivity contribution in [3.05, 3.63) is 11.9 Å². The summed E-state index contributed by atoms with van der Waals surface area (Å²) in [7, 11) is 0. The van der Waals surface area contributed by atoms with Crippen LogP contribution in [0.2, 0.25) is 0 Å². The summed E-state index contributed by atoms with van der Waals surface area (Å²) in [4.78, 5) is 0. The van der Waals surface area contributed by atoms with Crippen LogP contribution in [0.4, 0.5) is 0 Å². The Hall–Kier alpha value is -0.510. The molecule has 4 heteroatoms. The number of thioether (sulfide) groups is 1. The first-order chi connectivity index (χ1) is 4.79. The number of hydrogen-bond donors (Lipinski definition) is 1. The highest BCUT2D eigenvalue weighted by molar-refractivity contribution is 7.99. The predicted octanol–water partition coefficient (Wildman–Crippen LogP) is 1.45. The van der Waals surface area contributed by atoms with E-state index in [0.29, 0.717) is 5.25 Å². The van der Waals surface area contributed by atoms with Crippen LogP contribution in [0.1, 0.15) is 19.5 Å². The highest BCUT2D eigenvalue weighted by Crippen LogP contribution is 2.13. The van der Waals surface area contributed by atoms with E-state index in [2.05, 4.69) is 29.3 Å². The summed E-state index contributed by atoms with van der Waals surface area (Å²) in [5.41, 5.74) is 1.03. The van der Waals surface area contributed by atoms with Crippen LogP contribution in [-0.4, -0.2) is 20.7 Å². The summed E-state index contributed by atoms with van der Waals surface area (Å²) in [6, 6.07) is 0. The zero-order valence-electron chi connectivity index (χ0n) is 6.16. The largest absolute Gasteiger partial charge is 0.265 e. The fourth-order valence-electron chi connectivity index (χ4n) is 0.548. The summed E-state index contributed by atoms with van der Waals surface area (Å²) in [6.07, 6.45) is 1.83. The second kappa shape index (κ2) is 3.61. The SMILES string of the molecule is CC(C)SCc1c[nH]nn1. The Morgan fingerprint density at radius 3 is 3.00 bits per heavy atom. The molecule has 1 N–H and O–H groups in total. The number of aromatic amines is 1. The molecular weight excluding hydrogens is 146 g/mol. The van der Waals surface area contributed by atoms with Gasteiger partial charge < -0.3 is 0 Å². The van der Waals surface area contributed by atoms with Gasteiger partial charge in [0.25, 0.3) is 0 Å². The summed E-state index contributed by atoms with van der Waals surface area (Å²) >= 11 is 1.87. The molecule has 0 aromatic carbocycles. The Balaban J connectivity index is 2.28. The van der Waals surface area contributed by atoms with Crippen LogP contribution in [0.25, 0.3) is 0 Å². The lowest BCUT2D eigenvalue weighted by molar-refractivity contribution is 0.925. The van der Waals surface area contributed by atoms with E-state index in [0.717, 1.165) is 11.4 Å². The van der Waals surface area contributed by atoms with E-state index in [1.165, 1.54) is 0 Å². The molecular formula is C6H11N3S. The number of aromatic nitrogens is 3. The number of nitrogens with zero attached hydrogens (tertiary/aromatic N) is 2. The molecule has 56 valence electrons. The molecule has 0 fully saturated rings. The van der Waals surface area contributed by atoms with E-state index in [1.807, 2.05) is 18.0 Å². The number of hydrogen-bond acceptors (Lipinski definition) is 3. The topological polar surface area (TPSA) is 41.6 Å². The highest BCUT2D eigenvalue weighted by atomic mass is 32.2. The lowest BCUT2D eigenvalue weighted by Gasteiger charge is -1.99. The smallest absolute Gasteiger partial charge is 0.0923 e. The van der Waals surface area contributed by atoms with Gasteiger partial charge in [0, 0.05) is 11.9 Å². The summed E-state index contributed by atoms with van der Waals surface area (Å²) in [5, 5.41) is 10.8. The minimum Gasteiger partial charge on any atom is -0.265 e. The molecule has 0 saturated heterocycles. The van der Waals surface area contributed by atoms with Crippen LogP contribution < -0.4 is 0 Å². The maximum Gasteiger partial charge on any atom is 0.0923 e. The Bertz CT molecular complexity index is 171. The molecule has 0 aliphatic rings. The normalized spacial score (nSPS) is 10.7. The third-order valence-corrected chi connectivity index (χ3v) is 2.16. The second-order valence-electron chi connectivity index (χ2n) is 2.32. The van der Waals surface area contributed by atoms with Crippen molar-refractivity contribution in [1.82, 2.24) is 15.4 Å². The van der Waals surface area contributed by atoms with Crippen LogP contribution in [0, 0.1) is 0 Å². The fourth-order valence-corrected chi connectivity index (χ4v) is 1.19. The maximum atomic E-state index is 3.86. The number of nitrogens with one attached hydrogen (secondary N) is 1. The van der Waals surface area contributed by atoms with Crippen LogP contribution in [0.5, 0.6) is 0 Å². The molecule has 1 rings (SSSR count). The van der Waals surface area contributed by atoms with Gasteiger partial charge in [-0.25, -0.2) is 0 Å². The van der Waals surface area contributed by atoms with Crippen LogP contribution in [-0.2, 0) is 5.75 Å². The van der Waals surface area contributed by atoms with Gasteiger partial charge >= 0.3 is 0 Å². The molecule has 0 bridgehead atoms. The fraction of sp³-hybridized carbons (Fsp3) is 0.667. The zero-order valence-corrected chi connectivity index (χ0v) is 6.98. The first kappa shape index (κ1) is 7.60. The molecule has 0 amide bonds. The van der Waals surface area contributed by atoms with E-state index in [-0.39, 0.29) is 0 Å². The quantitative estimate of drug-likeness (QED) is 0.722. The molecule has 1 heterocycles. The Kier molecular flexibility index (Phi) is 2.74. The molecule has 0 saturated carbocycles. The monoisotopic (exact) mass is 157 g/mol. The van der Waals surface area contributed by atoms with Crippen molar-refractivity contribution < 1.29 is 0 Å². The average molecular weight is 157 g/mol. The van der Waals surface area contributed by atoms with Crippen LogP contribution in [0.15, 0.2) is 6.20 Å². The third kappa shape index (κ3) is 2.39. The van der Waals surface area contributed by atoms with Crippen molar-refractivity contribution in [3.8, 4) is 0 Å². The van der Waals surface area contributed by atoms with Crippen molar-refractivity contribution >= 4 is 11.8 Å². The lowest BCUT2D eigenvalue weighted by atomic mass is 10.6. The first-order valence-corrected chi connectivity index (χ1v) is 4.31. The number of rotatable bonds is 3. The Morgan fingerprint density at radius 2 is 2.50 bits per heavy atom. The van der Waals surface area contributed by atoms with Gasteiger partial charge in [0.05, 0.1) is 5.69 Å². The molecule has 0 aliphatic carbocycles. The van der Waals surface area contributed by atoms with E-state index in [9.17, 15) is 0 Å².